The van der Waals surface area contributed by atoms with Crippen molar-refractivity contribution in [1.29, 1.82) is 0 Å². The van der Waals surface area contributed by atoms with Crippen molar-refractivity contribution in [1.82, 2.24) is 15.8 Å². The van der Waals surface area contributed by atoms with Crippen LogP contribution in [-0.2, 0) is 19.8 Å². The minimum atomic E-state index is -4.78. The summed E-state index contributed by atoms with van der Waals surface area (Å²) in [5.74, 6) is -1.67. The first-order valence-electron chi connectivity index (χ1n) is 9.11. The number of rotatable bonds is 7. The highest BCUT2D eigenvalue weighted by Gasteiger charge is 2.55. The monoisotopic (exact) mass is 414 g/mol. The van der Waals surface area contributed by atoms with E-state index in [9.17, 15) is 27.6 Å². The molecule has 0 radical (unpaired) electrons. The smallest absolute Gasteiger partial charge is 0.406 e. The number of primary amides is 1. The molecule has 1 aromatic rings. The predicted octanol–water partition coefficient (Wildman–Crippen LogP) is 0.714. The molecule has 1 saturated heterocycles. The Bertz CT molecular complexity index is 793. The fourth-order valence-corrected chi connectivity index (χ4v) is 3.59. The van der Waals surface area contributed by atoms with Gasteiger partial charge >= 0.3 is 6.36 Å². The number of carbonyl (C=O) groups is 3. The molecular formula is C18H21F3N4O4. The molecule has 1 atom stereocenters. The molecule has 3 rings (SSSR count). The average Bonchev–Trinajstić information content (AvgIpc) is 3.29. The molecule has 8 nitrogen and oxygen atoms in total. The van der Waals surface area contributed by atoms with Gasteiger partial charge in [-0.3, -0.25) is 19.8 Å². The average molecular weight is 414 g/mol. The second kappa shape index (κ2) is 7.90. The Hall–Kier alpha value is -2.82. The largest absolute Gasteiger partial charge is 0.573 e. The van der Waals surface area contributed by atoms with E-state index >= 15 is 0 Å². The number of hydrogen-bond donors (Lipinski definition) is 3. The SMILES string of the molecule is NC(=O)CNNC(=O)[C@@H]1CCCN1C(=O)C1(c2ccc(OC(F)(F)F)cc2)CC1. The summed E-state index contributed by atoms with van der Waals surface area (Å²) in [4.78, 5) is 37.8. The molecule has 158 valence electrons. The number of nitrogens with one attached hydrogen (secondary N) is 2. The molecule has 1 aliphatic heterocycles. The molecule has 1 aromatic carbocycles. The predicted molar refractivity (Wildman–Crippen MR) is 94.1 cm³/mol. The van der Waals surface area contributed by atoms with Crippen molar-refractivity contribution in [2.45, 2.75) is 43.5 Å². The first-order valence-corrected chi connectivity index (χ1v) is 9.11. The third-order valence-corrected chi connectivity index (χ3v) is 5.09. The van der Waals surface area contributed by atoms with Crippen LogP contribution < -0.4 is 21.3 Å². The maximum atomic E-state index is 13.2. The van der Waals surface area contributed by atoms with Crippen molar-refractivity contribution in [3.05, 3.63) is 29.8 Å². The minimum absolute atomic E-state index is 0.227. The number of amides is 3. The van der Waals surface area contributed by atoms with Crippen LogP contribution in [0.3, 0.4) is 0 Å². The van der Waals surface area contributed by atoms with Crippen LogP contribution >= 0.6 is 0 Å². The van der Waals surface area contributed by atoms with Crippen molar-refractivity contribution in [2.24, 2.45) is 5.73 Å². The molecule has 0 spiro atoms. The number of hydrazine groups is 1. The lowest BCUT2D eigenvalue weighted by atomic mass is 9.94. The van der Waals surface area contributed by atoms with Gasteiger partial charge in [0, 0.05) is 6.54 Å². The fraction of sp³-hybridized carbons (Fsp3) is 0.500. The van der Waals surface area contributed by atoms with Crippen LogP contribution in [0.15, 0.2) is 24.3 Å². The molecule has 2 fully saturated rings. The number of likely N-dealkylation sites (tertiary alicyclic amines) is 1. The standard InChI is InChI=1S/C18H21F3N4O4/c19-18(20,21)29-12-5-3-11(4-6-12)17(7-8-17)16(28)25-9-1-2-13(25)15(27)24-23-10-14(22)26/h3-6,13,23H,1-2,7-10H2,(H2,22,26)(H,24,27)/t13-/m0/s1. The summed E-state index contributed by atoms with van der Waals surface area (Å²) in [6.45, 7) is 0.173. The van der Waals surface area contributed by atoms with Gasteiger partial charge in [0.25, 0.3) is 5.91 Å². The van der Waals surface area contributed by atoms with E-state index in [4.69, 9.17) is 5.73 Å². The highest BCUT2D eigenvalue weighted by molar-refractivity contribution is 5.95. The van der Waals surface area contributed by atoms with Gasteiger partial charge in [0.1, 0.15) is 11.8 Å². The van der Waals surface area contributed by atoms with Crippen LogP contribution in [0.5, 0.6) is 5.75 Å². The Kier molecular flexibility index (Phi) is 5.69. The quantitative estimate of drug-likeness (QED) is 0.569. The summed E-state index contributed by atoms with van der Waals surface area (Å²) in [7, 11) is 0. The number of alkyl halides is 3. The van der Waals surface area contributed by atoms with Gasteiger partial charge in [-0.15, -0.1) is 13.2 Å². The van der Waals surface area contributed by atoms with E-state index in [2.05, 4.69) is 15.6 Å². The van der Waals surface area contributed by atoms with Crippen molar-refractivity contribution in [3.63, 3.8) is 0 Å². The van der Waals surface area contributed by atoms with Gasteiger partial charge in [0.2, 0.25) is 11.8 Å². The van der Waals surface area contributed by atoms with E-state index in [-0.39, 0.29) is 18.2 Å². The van der Waals surface area contributed by atoms with Crippen LogP contribution in [0.1, 0.15) is 31.2 Å². The highest BCUT2D eigenvalue weighted by Crippen LogP contribution is 2.50. The van der Waals surface area contributed by atoms with Crippen molar-refractivity contribution in [2.75, 3.05) is 13.1 Å². The van der Waals surface area contributed by atoms with Gasteiger partial charge in [-0.1, -0.05) is 12.1 Å². The third kappa shape index (κ3) is 4.78. The number of hydrogen-bond acceptors (Lipinski definition) is 5. The van der Waals surface area contributed by atoms with E-state index in [0.29, 0.717) is 37.8 Å². The molecule has 4 N–H and O–H groups in total. The van der Waals surface area contributed by atoms with Crippen molar-refractivity contribution >= 4 is 17.7 Å². The lowest BCUT2D eigenvalue weighted by Crippen LogP contribution is -2.53. The Balaban J connectivity index is 1.68. The first kappa shape index (κ1) is 20.9. The van der Waals surface area contributed by atoms with Crippen LogP contribution in [0.25, 0.3) is 0 Å². The molecule has 1 aliphatic carbocycles. The molecule has 3 amide bonds. The lowest BCUT2D eigenvalue weighted by Gasteiger charge is -2.28. The number of nitrogens with zero attached hydrogens (tertiary/aromatic N) is 1. The van der Waals surface area contributed by atoms with Gasteiger partial charge in [0.05, 0.1) is 12.0 Å². The fourth-order valence-electron chi connectivity index (χ4n) is 3.59. The summed E-state index contributed by atoms with van der Waals surface area (Å²) >= 11 is 0. The maximum absolute atomic E-state index is 13.2. The molecule has 0 aromatic heterocycles. The Morgan fingerprint density at radius 3 is 2.41 bits per heavy atom. The third-order valence-electron chi connectivity index (χ3n) is 5.09. The Labute approximate surface area is 164 Å². The van der Waals surface area contributed by atoms with E-state index in [1.165, 1.54) is 29.2 Å². The summed E-state index contributed by atoms with van der Waals surface area (Å²) in [6.07, 6.45) is -2.56. The van der Waals surface area contributed by atoms with E-state index in [1.807, 2.05) is 0 Å². The molecule has 11 heteroatoms. The summed E-state index contributed by atoms with van der Waals surface area (Å²) < 4.78 is 40.8. The second-order valence-corrected chi connectivity index (χ2v) is 7.12. The topological polar surface area (TPSA) is 114 Å². The van der Waals surface area contributed by atoms with Gasteiger partial charge in [-0.2, -0.15) is 0 Å². The van der Waals surface area contributed by atoms with E-state index in [0.717, 1.165) is 0 Å². The van der Waals surface area contributed by atoms with Gasteiger partial charge in [-0.25, -0.2) is 5.43 Å². The van der Waals surface area contributed by atoms with E-state index in [1.54, 1.807) is 0 Å². The Morgan fingerprint density at radius 2 is 1.86 bits per heavy atom. The molecule has 0 unspecified atom stereocenters. The van der Waals surface area contributed by atoms with Crippen molar-refractivity contribution in [3.8, 4) is 5.75 Å². The number of benzene rings is 1. The molecule has 1 heterocycles. The number of halogens is 3. The zero-order valence-corrected chi connectivity index (χ0v) is 15.4. The summed E-state index contributed by atoms with van der Waals surface area (Å²) in [5.41, 5.74) is 9.54. The van der Waals surface area contributed by atoms with Gasteiger partial charge in [-0.05, 0) is 43.4 Å². The second-order valence-electron chi connectivity index (χ2n) is 7.12. The highest BCUT2D eigenvalue weighted by atomic mass is 19.4. The van der Waals surface area contributed by atoms with E-state index < -0.39 is 29.6 Å². The molecule has 0 bridgehead atoms. The number of carbonyl (C=O) groups excluding carboxylic acids is 3. The maximum Gasteiger partial charge on any atom is 0.573 e. The molecular weight excluding hydrogens is 393 g/mol. The van der Waals surface area contributed by atoms with Gasteiger partial charge < -0.3 is 15.4 Å². The number of ether oxygens (including phenoxy) is 1. The lowest BCUT2D eigenvalue weighted by molar-refractivity contribution is -0.274. The minimum Gasteiger partial charge on any atom is -0.406 e. The Morgan fingerprint density at radius 1 is 1.21 bits per heavy atom. The van der Waals surface area contributed by atoms with Crippen LogP contribution in [0, 0.1) is 0 Å². The summed E-state index contributed by atoms with van der Waals surface area (Å²) in [6, 6.07) is 4.57. The van der Waals surface area contributed by atoms with Crippen molar-refractivity contribution < 1.29 is 32.3 Å². The molecule has 2 aliphatic rings. The summed E-state index contributed by atoms with van der Waals surface area (Å²) in [5, 5.41) is 0. The molecule has 29 heavy (non-hydrogen) atoms. The van der Waals surface area contributed by atoms with Crippen LogP contribution in [0.2, 0.25) is 0 Å². The first-order chi connectivity index (χ1) is 13.6. The van der Waals surface area contributed by atoms with Gasteiger partial charge in [0.15, 0.2) is 0 Å². The van der Waals surface area contributed by atoms with Crippen LogP contribution in [0.4, 0.5) is 13.2 Å². The zero-order chi connectivity index (χ0) is 21.2. The zero-order valence-electron chi connectivity index (χ0n) is 15.4. The van der Waals surface area contributed by atoms with Crippen LogP contribution in [-0.4, -0.2) is 48.1 Å². The molecule has 1 saturated carbocycles. The number of nitrogens with two attached hydrogens (primary N) is 1. The normalized spacial score (nSPS) is 20.2.